The second-order valence-corrected chi connectivity index (χ2v) is 9.23. The van der Waals surface area contributed by atoms with E-state index in [1.165, 1.54) is 11.1 Å². The minimum absolute atomic E-state index is 0.00629. The predicted molar refractivity (Wildman–Crippen MR) is 123 cm³/mol. The Morgan fingerprint density at radius 3 is 2.26 bits per heavy atom. The number of rotatable bonds is 8. The quantitative estimate of drug-likeness (QED) is 0.554. The molecule has 2 aromatic rings. The summed E-state index contributed by atoms with van der Waals surface area (Å²) in [5, 5.41) is 14.8. The zero-order chi connectivity index (χ0) is 23.7. The van der Waals surface area contributed by atoms with Gasteiger partial charge in [0, 0.05) is 37.5 Å². The van der Waals surface area contributed by atoms with Crippen molar-refractivity contribution in [3.05, 3.63) is 59.7 Å². The molecule has 2 aliphatic carbocycles. The van der Waals surface area contributed by atoms with Gasteiger partial charge < -0.3 is 25.2 Å². The van der Waals surface area contributed by atoms with E-state index in [0.29, 0.717) is 32.5 Å². The van der Waals surface area contributed by atoms with Gasteiger partial charge in [0.05, 0.1) is 0 Å². The number of fused-ring (bicyclic) bond motifs is 3. The van der Waals surface area contributed by atoms with Crippen molar-refractivity contribution in [3.8, 4) is 11.1 Å². The van der Waals surface area contributed by atoms with Gasteiger partial charge in [-0.05, 0) is 41.0 Å². The van der Waals surface area contributed by atoms with E-state index in [1.54, 1.807) is 0 Å². The highest BCUT2D eigenvalue weighted by molar-refractivity contribution is 5.82. The van der Waals surface area contributed by atoms with Crippen molar-refractivity contribution in [3.63, 3.8) is 0 Å². The molecule has 34 heavy (non-hydrogen) atoms. The summed E-state index contributed by atoms with van der Waals surface area (Å²) in [6.07, 6.45) is -0.0286. The molecule has 2 aromatic carbocycles. The molecule has 3 N–H and O–H groups in total. The van der Waals surface area contributed by atoms with Gasteiger partial charge in [-0.2, -0.15) is 0 Å². The summed E-state index contributed by atoms with van der Waals surface area (Å²) in [5.41, 5.74) is 4.68. The number of carbonyl (C=O) groups excluding carboxylic acids is 2. The van der Waals surface area contributed by atoms with Gasteiger partial charge >= 0.3 is 12.1 Å². The third-order valence-corrected chi connectivity index (χ3v) is 7.11. The van der Waals surface area contributed by atoms with Crippen LogP contribution in [0.4, 0.5) is 4.79 Å². The molecule has 3 aliphatic rings. The van der Waals surface area contributed by atoms with Gasteiger partial charge in [-0.25, -0.2) is 9.59 Å². The van der Waals surface area contributed by atoms with Crippen molar-refractivity contribution in [1.29, 1.82) is 0 Å². The lowest BCUT2D eigenvalue weighted by atomic mass is 9.98. The first-order valence-corrected chi connectivity index (χ1v) is 11.7. The molecule has 2 amide bonds. The number of alkyl carbamates (subject to hydrolysis) is 1. The summed E-state index contributed by atoms with van der Waals surface area (Å²) in [7, 11) is 0. The van der Waals surface area contributed by atoms with Crippen LogP contribution in [0.5, 0.6) is 0 Å². The molecule has 1 saturated heterocycles. The first kappa shape index (κ1) is 22.4. The molecule has 8 nitrogen and oxygen atoms in total. The van der Waals surface area contributed by atoms with Gasteiger partial charge in [0.1, 0.15) is 6.61 Å². The Labute approximate surface area is 197 Å². The lowest BCUT2D eigenvalue weighted by Crippen LogP contribution is -2.37. The maximum atomic E-state index is 12.4. The lowest BCUT2D eigenvalue weighted by Gasteiger charge is -2.15. The number of hydrogen-bond donors (Lipinski definition) is 3. The third-order valence-electron chi connectivity index (χ3n) is 7.11. The van der Waals surface area contributed by atoms with E-state index in [0.717, 1.165) is 11.1 Å². The standard InChI is InChI=1S/C26H28N2O6/c29-24(27-12-15-9-10-33-23(15)25(30)31)21-11-16(21)13-28-26(32)34-14-22-19-7-3-1-5-17(19)18-6-2-4-8-20(18)22/h1-8,15-16,21-23H,9-14H2,(H,27,29)(H,28,32)(H,30,31)/t15-,16?,21?,23-/m1/s1. The van der Waals surface area contributed by atoms with E-state index in [4.69, 9.17) is 14.6 Å². The zero-order valence-corrected chi connectivity index (χ0v) is 18.7. The minimum atomic E-state index is -0.992. The van der Waals surface area contributed by atoms with Crippen molar-refractivity contribution in [2.24, 2.45) is 17.8 Å². The van der Waals surface area contributed by atoms with Crippen LogP contribution in [0.2, 0.25) is 0 Å². The predicted octanol–water partition coefficient (Wildman–Crippen LogP) is 2.77. The van der Waals surface area contributed by atoms with Crippen LogP contribution < -0.4 is 10.6 Å². The van der Waals surface area contributed by atoms with E-state index in [-0.39, 0.29) is 36.2 Å². The molecular weight excluding hydrogens is 436 g/mol. The lowest BCUT2D eigenvalue weighted by molar-refractivity contribution is -0.149. The van der Waals surface area contributed by atoms with Crippen LogP contribution in [-0.2, 0) is 19.1 Å². The van der Waals surface area contributed by atoms with Crippen molar-refractivity contribution in [2.45, 2.75) is 24.9 Å². The van der Waals surface area contributed by atoms with Crippen LogP contribution in [0.1, 0.15) is 29.9 Å². The molecular formula is C26H28N2O6. The Morgan fingerprint density at radius 2 is 1.59 bits per heavy atom. The fourth-order valence-electron chi connectivity index (χ4n) is 5.14. The summed E-state index contributed by atoms with van der Waals surface area (Å²) in [5.74, 6) is -1.40. The average Bonchev–Trinajstić information content (AvgIpc) is 3.34. The summed E-state index contributed by atoms with van der Waals surface area (Å²) in [6, 6.07) is 16.4. The molecule has 0 aromatic heterocycles. The first-order valence-electron chi connectivity index (χ1n) is 11.7. The Hall–Kier alpha value is -3.39. The van der Waals surface area contributed by atoms with Crippen molar-refractivity contribution < 1.29 is 29.0 Å². The topological polar surface area (TPSA) is 114 Å². The number of benzene rings is 2. The van der Waals surface area contributed by atoms with Crippen molar-refractivity contribution in [1.82, 2.24) is 10.6 Å². The number of hydrogen-bond acceptors (Lipinski definition) is 5. The van der Waals surface area contributed by atoms with Gasteiger partial charge in [0.2, 0.25) is 5.91 Å². The number of ether oxygens (including phenoxy) is 2. The van der Waals surface area contributed by atoms with Crippen LogP contribution in [0.3, 0.4) is 0 Å². The Kier molecular flexibility index (Phi) is 6.24. The number of amides is 2. The number of nitrogens with one attached hydrogen (secondary N) is 2. The molecule has 1 aliphatic heterocycles. The summed E-state index contributed by atoms with van der Waals surface area (Å²) < 4.78 is 10.8. The fraction of sp³-hybridized carbons (Fsp3) is 0.423. The molecule has 8 heteroatoms. The van der Waals surface area contributed by atoms with Gasteiger partial charge in [-0.15, -0.1) is 0 Å². The molecule has 0 bridgehead atoms. The van der Waals surface area contributed by atoms with E-state index in [1.807, 2.05) is 24.3 Å². The Morgan fingerprint density at radius 1 is 0.941 bits per heavy atom. The molecule has 4 atom stereocenters. The highest BCUT2D eigenvalue weighted by atomic mass is 16.5. The minimum Gasteiger partial charge on any atom is -0.479 e. The first-order chi connectivity index (χ1) is 16.5. The van der Waals surface area contributed by atoms with Crippen LogP contribution >= 0.6 is 0 Å². The zero-order valence-electron chi connectivity index (χ0n) is 18.7. The number of carboxylic acid groups (broad SMARTS) is 1. The maximum absolute atomic E-state index is 12.4. The van der Waals surface area contributed by atoms with Crippen LogP contribution in [-0.4, -0.2) is 55.5 Å². The van der Waals surface area contributed by atoms with Gasteiger partial charge in [0.25, 0.3) is 0 Å². The van der Waals surface area contributed by atoms with Crippen LogP contribution in [0, 0.1) is 17.8 Å². The summed E-state index contributed by atoms with van der Waals surface area (Å²) in [6.45, 7) is 1.31. The number of aliphatic carboxylic acids is 1. The summed E-state index contributed by atoms with van der Waals surface area (Å²) >= 11 is 0. The van der Waals surface area contributed by atoms with Gasteiger partial charge in [-0.1, -0.05) is 48.5 Å². The van der Waals surface area contributed by atoms with E-state index in [9.17, 15) is 14.4 Å². The fourth-order valence-corrected chi connectivity index (χ4v) is 5.14. The van der Waals surface area contributed by atoms with Crippen molar-refractivity contribution >= 4 is 18.0 Å². The monoisotopic (exact) mass is 464 g/mol. The highest BCUT2D eigenvalue weighted by Crippen LogP contribution is 2.44. The SMILES string of the molecule is O=C(NCC1CC1C(=O)NC[C@H]1CCO[C@H]1C(=O)O)OCC1c2ccccc2-c2ccccc21. The van der Waals surface area contributed by atoms with E-state index in [2.05, 4.69) is 34.9 Å². The number of carboxylic acids is 1. The second-order valence-electron chi connectivity index (χ2n) is 9.23. The van der Waals surface area contributed by atoms with E-state index < -0.39 is 18.2 Å². The average molecular weight is 465 g/mol. The Bertz CT molecular complexity index is 1060. The van der Waals surface area contributed by atoms with E-state index >= 15 is 0 Å². The maximum Gasteiger partial charge on any atom is 0.407 e. The highest BCUT2D eigenvalue weighted by Gasteiger charge is 2.43. The largest absolute Gasteiger partial charge is 0.479 e. The Balaban J connectivity index is 1.06. The molecule has 5 rings (SSSR count). The normalized spacial score (nSPS) is 24.7. The summed E-state index contributed by atoms with van der Waals surface area (Å²) in [4.78, 5) is 35.9. The molecule has 1 heterocycles. The van der Waals surface area contributed by atoms with Crippen molar-refractivity contribution in [2.75, 3.05) is 26.3 Å². The van der Waals surface area contributed by atoms with Crippen LogP contribution in [0.15, 0.2) is 48.5 Å². The molecule has 2 unspecified atom stereocenters. The number of carbonyl (C=O) groups is 3. The molecule has 0 radical (unpaired) electrons. The van der Waals surface area contributed by atoms with Gasteiger partial charge in [-0.3, -0.25) is 4.79 Å². The van der Waals surface area contributed by atoms with Gasteiger partial charge in [0.15, 0.2) is 6.10 Å². The second kappa shape index (κ2) is 9.46. The van der Waals surface area contributed by atoms with Crippen LogP contribution in [0.25, 0.3) is 11.1 Å². The molecule has 1 saturated carbocycles. The molecule has 178 valence electrons. The smallest absolute Gasteiger partial charge is 0.407 e. The third kappa shape index (κ3) is 4.50. The molecule has 0 spiro atoms. The molecule has 2 fully saturated rings.